The van der Waals surface area contributed by atoms with E-state index in [0.717, 1.165) is 18.2 Å². The lowest BCUT2D eigenvalue weighted by Gasteiger charge is -2.30. The van der Waals surface area contributed by atoms with Crippen LogP contribution < -0.4 is 15.8 Å². The van der Waals surface area contributed by atoms with Gasteiger partial charge in [0.2, 0.25) is 5.91 Å². The van der Waals surface area contributed by atoms with Gasteiger partial charge in [0.05, 0.1) is 11.6 Å². The van der Waals surface area contributed by atoms with Crippen LogP contribution in [0.25, 0.3) is 0 Å². The van der Waals surface area contributed by atoms with Gasteiger partial charge in [-0.1, -0.05) is 6.92 Å². The molecule has 0 heterocycles. The van der Waals surface area contributed by atoms with Crippen molar-refractivity contribution in [2.24, 2.45) is 5.73 Å². The molecule has 0 spiro atoms. The fourth-order valence-electron chi connectivity index (χ4n) is 2.10. The summed E-state index contributed by atoms with van der Waals surface area (Å²) >= 11 is 0. The number of hydrogen-bond donors (Lipinski definition) is 2. The van der Waals surface area contributed by atoms with Gasteiger partial charge in [-0.3, -0.25) is 4.79 Å². The Morgan fingerprint density at radius 2 is 1.95 bits per heavy atom. The van der Waals surface area contributed by atoms with E-state index < -0.39 is 29.2 Å². The van der Waals surface area contributed by atoms with E-state index in [2.05, 4.69) is 5.32 Å². The van der Waals surface area contributed by atoms with Crippen LogP contribution in [0.15, 0.2) is 18.2 Å². The summed E-state index contributed by atoms with van der Waals surface area (Å²) in [6.07, 6.45) is -0.151. The largest absolute Gasteiger partial charge is 0.490 e. The number of benzene rings is 1. The molecule has 0 radical (unpaired) electrons. The Balaban J connectivity index is 2.75. The number of halogens is 2. The second kappa shape index (κ2) is 6.65. The molecule has 4 nitrogen and oxygen atoms in total. The molecule has 0 aliphatic heterocycles. The smallest absolute Gasteiger partial charge is 0.237 e. The van der Waals surface area contributed by atoms with Crippen molar-refractivity contribution in [2.75, 3.05) is 6.54 Å². The highest BCUT2D eigenvalue weighted by molar-refractivity contribution is 5.84. The highest BCUT2D eigenvalue weighted by Crippen LogP contribution is 2.20. The van der Waals surface area contributed by atoms with Gasteiger partial charge in [-0.2, -0.15) is 0 Å². The van der Waals surface area contributed by atoms with E-state index in [1.807, 2.05) is 6.92 Å². The Morgan fingerprint density at radius 1 is 1.40 bits per heavy atom. The van der Waals surface area contributed by atoms with Crippen LogP contribution in [0.4, 0.5) is 8.78 Å². The van der Waals surface area contributed by atoms with E-state index >= 15 is 0 Å². The van der Waals surface area contributed by atoms with Crippen molar-refractivity contribution in [3.63, 3.8) is 0 Å². The maximum atomic E-state index is 13.1. The van der Waals surface area contributed by atoms with Gasteiger partial charge in [0, 0.05) is 24.6 Å². The van der Waals surface area contributed by atoms with Crippen LogP contribution in [-0.2, 0) is 4.79 Å². The summed E-state index contributed by atoms with van der Waals surface area (Å²) in [6.45, 7) is 5.81. The fraction of sp³-hybridized carbons (Fsp3) is 0.500. The van der Waals surface area contributed by atoms with Crippen molar-refractivity contribution in [1.82, 2.24) is 5.32 Å². The summed E-state index contributed by atoms with van der Waals surface area (Å²) in [5.41, 5.74) is 4.44. The topological polar surface area (TPSA) is 64.3 Å². The zero-order valence-electron chi connectivity index (χ0n) is 11.9. The summed E-state index contributed by atoms with van der Waals surface area (Å²) in [5, 5.41) is 3.00. The van der Waals surface area contributed by atoms with Crippen molar-refractivity contribution < 1.29 is 18.3 Å². The van der Waals surface area contributed by atoms with E-state index in [-0.39, 0.29) is 12.2 Å². The zero-order chi connectivity index (χ0) is 15.3. The van der Waals surface area contributed by atoms with Gasteiger partial charge in [-0.25, -0.2) is 8.78 Å². The molecule has 3 N–H and O–H groups in total. The van der Waals surface area contributed by atoms with E-state index in [0.29, 0.717) is 6.54 Å². The molecule has 1 rings (SSSR count). The number of amides is 1. The normalized spacial score (nSPS) is 15.4. The van der Waals surface area contributed by atoms with Crippen LogP contribution in [0.5, 0.6) is 5.75 Å². The van der Waals surface area contributed by atoms with Crippen LogP contribution in [0, 0.1) is 11.6 Å². The number of nitrogens with one attached hydrogen (secondary N) is 1. The highest BCUT2D eigenvalue weighted by Gasteiger charge is 2.32. The Hall–Kier alpha value is -1.69. The molecule has 0 saturated carbocycles. The average Bonchev–Trinajstić information content (AvgIpc) is 2.26. The average molecular weight is 286 g/mol. The molecule has 0 aliphatic carbocycles. The number of nitrogens with two attached hydrogens (primary N) is 1. The van der Waals surface area contributed by atoms with Crippen LogP contribution in [-0.4, -0.2) is 24.1 Å². The van der Waals surface area contributed by atoms with Gasteiger partial charge in [0.1, 0.15) is 17.4 Å². The number of rotatable bonds is 7. The predicted octanol–water partition coefficient (Wildman–Crippen LogP) is 1.98. The minimum absolute atomic E-state index is 0.0818. The zero-order valence-corrected chi connectivity index (χ0v) is 11.9. The van der Waals surface area contributed by atoms with Gasteiger partial charge >= 0.3 is 0 Å². The first-order chi connectivity index (χ1) is 9.26. The monoisotopic (exact) mass is 286 g/mol. The Kier molecular flexibility index (Phi) is 5.44. The second-order valence-electron chi connectivity index (χ2n) is 4.96. The third kappa shape index (κ3) is 4.45. The molecule has 1 aromatic rings. The minimum Gasteiger partial charge on any atom is -0.490 e. The van der Waals surface area contributed by atoms with Gasteiger partial charge in [-0.15, -0.1) is 0 Å². The lowest BCUT2D eigenvalue weighted by atomic mass is 9.94. The van der Waals surface area contributed by atoms with Gasteiger partial charge in [0.15, 0.2) is 0 Å². The van der Waals surface area contributed by atoms with Crippen molar-refractivity contribution in [2.45, 2.75) is 38.8 Å². The summed E-state index contributed by atoms with van der Waals surface area (Å²) in [4.78, 5) is 11.5. The fourth-order valence-corrected chi connectivity index (χ4v) is 2.10. The molecule has 1 amide bonds. The molecule has 0 saturated heterocycles. The Bertz CT molecular complexity index is 462. The number of likely N-dealkylation sites (N-methyl/N-ethyl adjacent to an activating group) is 1. The Labute approximate surface area is 117 Å². The molecule has 6 heteroatoms. The molecule has 112 valence electrons. The maximum absolute atomic E-state index is 13.1. The molecule has 0 bridgehead atoms. The van der Waals surface area contributed by atoms with Crippen LogP contribution >= 0.6 is 0 Å². The second-order valence-corrected chi connectivity index (χ2v) is 4.96. The van der Waals surface area contributed by atoms with E-state index in [1.165, 1.54) is 0 Å². The third-order valence-electron chi connectivity index (χ3n) is 2.98. The van der Waals surface area contributed by atoms with Crippen molar-refractivity contribution in [3.8, 4) is 5.75 Å². The lowest BCUT2D eigenvalue weighted by Crippen LogP contribution is -2.55. The summed E-state index contributed by atoms with van der Waals surface area (Å²) in [5.74, 6) is -1.84. The molecule has 2 atom stereocenters. The number of carbonyl (C=O) groups excluding carboxylic acids is 1. The first-order valence-electron chi connectivity index (χ1n) is 6.44. The minimum atomic E-state index is -0.931. The molecule has 0 fully saturated rings. The molecule has 0 aromatic heterocycles. The highest BCUT2D eigenvalue weighted by atomic mass is 19.1. The van der Waals surface area contributed by atoms with E-state index in [4.69, 9.17) is 10.5 Å². The first kappa shape index (κ1) is 16.4. The van der Waals surface area contributed by atoms with Crippen LogP contribution in [0.1, 0.15) is 27.2 Å². The molecular formula is C14H20F2N2O2. The van der Waals surface area contributed by atoms with Gasteiger partial charge in [0.25, 0.3) is 0 Å². The number of primary amides is 1. The summed E-state index contributed by atoms with van der Waals surface area (Å²) in [7, 11) is 0. The van der Waals surface area contributed by atoms with Crippen LogP contribution in [0.2, 0.25) is 0 Å². The summed E-state index contributed by atoms with van der Waals surface area (Å²) in [6, 6.07) is 2.95. The number of carbonyl (C=O) groups is 1. The van der Waals surface area contributed by atoms with Gasteiger partial charge < -0.3 is 15.8 Å². The molecule has 2 unspecified atom stereocenters. The quantitative estimate of drug-likeness (QED) is 0.805. The van der Waals surface area contributed by atoms with Crippen LogP contribution in [0.3, 0.4) is 0 Å². The van der Waals surface area contributed by atoms with Crippen molar-refractivity contribution in [3.05, 3.63) is 29.8 Å². The van der Waals surface area contributed by atoms with Crippen molar-refractivity contribution in [1.29, 1.82) is 0 Å². The maximum Gasteiger partial charge on any atom is 0.237 e. The van der Waals surface area contributed by atoms with E-state index in [1.54, 1.807) is 13.8 Å². The number of ether oxygens (including phenoxy) is 1. The Morgan fingerprint density at radius 3 is 2.40 bits per heavy atom. The summed E-state index contributed by atoms with van der Waals surface area (Å²) < 4.78 is 31.6. The lowest BCUT2D eigenvalue weighted by molar-refractivity contribution is -0.124. The number of hydrogen-bond acceptors (Lipinski definition) is 3. The molecule has 0 aliphatic rings. The third-order valence-corrected chi connectivity index (χ3v) is 2.98. The molecule has 20 heavy (non-hydrogen) atoms. The molecular weight excluding hydrogens is 266 g/mol. The molecule has 1 aromatic carbocycles. The SMILES string of the molecule is CCNC(C)(CC(C)Oc1cc(F)cc(F)c1)C(N)=O. The van der Waals surface area contributed by atoms with Crippen molar-refractivity contribution >= 4 is 5.91 Å². The standard InChI is InChI=1S/C14H20F2N2O2/c1-4-18-14(3,13(17)19)8-9(2)20-12-6-10(15)5-11(16)7-12/h5-7,9,18H,4,8H2,1-3H3,(H2,17,19). The first-order valence-corrected chi connectivity index (χ1v) is 6.44. The van der Waals surface area contributed by atoms with E-state index in [9.17, 15) is 13.6 Å². The predicted molar refractivity (Wildman–Crippen MR) is 72.3 cm³/mol. The van der Waals surface area contributed by atoms with Gasteiger partial charge in [-0.05, 0) is 20.4 Å².